The number of hydrogen-bond acceptors (Lipinski definition) is 3. The first-order valence-corrected chi connectivity index (χ1v) is 6.34. The zero-order valence-electron chi connectivity index (χ0n) is 11.0. The van der Waals surface area contributed by atoms with Gasteiger partial charge in [0, 0.05) is 11.6 Å². The molecule has 0 saturated carbocycles. The fraction of sp³-hybridized carbons (Fsp3) is 0.400. The predicted octanol–water partition coefficient (Wildman–Crippen LogP) is 3.44. The van der Waals surface area contributed by atoms with E-state index < -0.39 is 0 Å². The zero-order chi connectivity index (χ0) is 13.2. The second-order valence-electron chi connectivity index (χ2n) is 3.83. The lowest BCUT2D eigenvalue weighted by atomic mass is 10.2. The Kier molecular flexibility index (Phi) is 6.62. The Morgan fingerprint density at radius 3 is 2.78 bits per heavy atom. The van der Waals surface area contributed by atoms with Crippen molar-refractivity contribution in [3.8, 4) is 5.75 Å². The molecule has 0 atom stereocenters. The second-order valence-corrected chi connectivity index (χ2v) is 3.83. The monoisotopic (exact) mass is 248 g/mol. The quantitative estimate of drug-likeness (QED) is 0.421. The van der Waals surface area contributed by atoms with Crippen LogP contribution in [0.1, 0.15) is 32.3 Å². The number of unbranched alkanes of at least 4 members (excludes halogenated alkanes) is 1. The molecule has 0 radical (unpaired) electrons. The van der Waals surface area contributed by atoms with Crippen LogP contribution < -0.4 is 4.74 Å². The van der Waals surface area contributed by atoms with Crippen molar-refractivity contribution in [2.75, 3.05) is 13.2 Å². The summed E-state index contributed by atoms with van der Waals surface area (Å²) in [6.07, 6.45) is 5.08. The second kappa shape index (κ2) is 8.34. The van der Waals surface area contributed by atoms with Gasteiger partial charge >= 0.3 is 5.97 Å². The van der Waals surface area contributed by atoms with Crippen LogP contribution in [0.3, 0.4) is 0 Å². The van der Waals surface area contributed by atoms with Crippen LogP contribution in [0.4, 0.5) is 0 Å². The van der Waals surface area contributed by atoms with Crippen LogP contribution in [0.15, 0.2) is 30.3 Å². The van der Waals surface area contributed by atoms with E-state index in [0.29, 0.717) is 13.2 Å². The van der Waals surface area contributed by atoms with Crippen molar-refractivity contribution in [3.05, 3.63) is 35.9 Å². The van der Waals surface area contributed by atoms with Gasteiger partial charge in [-0.3, -0.25) is 0 Å². The molecule has 0 unspecified atom stereocenters. The summed E-state index contributed by atoms with van der Waals surface area (Å²) in [5.41, 5.74) is 0.881. The first-order valence-electron chi connectivity index (χ1n) is 6.34. The molecular weight excluding hydrogens is 228 g/mol. The number of ether oxygens (including phenoxy) is 2. The summed E-state index contributed by atoms with van der Waals surface area (Å²) >= 11 is 0. The molecule has 3 heteroatoms. The van der Waals surface area contributed by atoms with E-state index in [1.54, 1.807) is 6.08 Å². The molecule has 0 amide bonds. The molecule has 0 heterocycles. The van der Waals surface area contributed by atoms with Crippen LogP contribution in [-0.4, -0.2) is 19.2 Å². The Morgan fingerprint density at radius 2 is 2.06 bits per heavy atom. The minimum atomic E-state index is -0.310. The first-order chi connectivity index (χ1) is 8.77. The van der Waals surface area contributed by atoms with Gasteiger partial charge in [-0.2, -0.15) is 0 Å². The van der Waals surface area contributed by atoms with E-state index in [1.165, 1.54) is 6.08 Å². The van der Waals surface area contributed by atoms with E-state index in [2.05, 4.69) is 6.92 Å². The average Bonchev–Trinajstić information content (AvgIpc) is 2.38. The Bertz CT molecular complexity index is 396. The lowest BCUT2D eigenvalue weighted by Gasteiger charge is -2.06. The summed E-state index contributed by atoms with van der Waals surface area (Å²) in [6.45, 7) is 5.07. The fourth-order valence-electron chi connectivity index (χ4n) is 1.43. The summed E-state index contributed by atoms with van der Waals surface area (Å²) < 4.78 is 10.5. The topological polar surface area (TPSA) is 35.5 Å². The predicted molar refractivity (Wildman–Crippen MR) is 72.5 cm³/mol. The summed E-state index contributed by atoms with van der Waals surface area (Å²) in [5.74, 6) is 0.465. The van der Waals surface area contributed by atoms with Crippen molar-refractivity contribution in [1.29, 1.82) is 0 Å². The Balaban J connectivity index is 2.57. The van der Waals surface area contributed by atoms with E-state index in [4.69, 9.17) is 9.47 Å². The Labute approximate surface area is 108 Å². The molecule has 98 valence electrons. The molecular formula is C15H20O3. The van der Waals surface area contributed by atoms with E-state index >= 15 is 0 Å². The van der Waals surface area contributed by atoms with Crippen molar-refractivity contribution >= 4 is 12.0 Å². The summed E-state index contributed by atoms with van der Waals surface area (Å²) in [7, 11) is 0. The van der Waals surface area contributed by atoms with E-state index in [0.717, 1.165) is 24.2 Å². The highest BCUT2D eigenvalue weighted by molar-refractivity contribution is 5.87. The number of benzene rings is 1. The molecule has 18 heavy (non-hydrogen) atoms. The highest BCUT2D eigenvalue weighted by Crippen LogP contribution is 2.19. The van der Waals surface area contributed by atoms with Crippen molar-refractivity contribution < 1.29 is 14.3 Å². The van der Waals surface area contributed by atoms with Crippen LogP contribution in [0, 0.1) is 0 Å². The summed E-state index contributed by atoms with van der Waals surface area (Å²) in [6, 6.07) is 7.60. The third-order valence-electron chi connectivity index (χ3n) is 2.36. The van der Waals surface area contributed by atoms with E-state index in [9.17, 15) is 4.79 Å². The highest BCUT2D eigenvalue weighted by Gasteiger charge is 2.00. The van der Waals surface area contributed by atoms with Crippen molar-refractivity contribution in [2.24, 2.45) is 0 Å². The fourth-order valence-corrected chi connectivity index (χ4v) is 1.43. The van der Waals surface area contributed by atoms with E-state index in [1.807, 2.05) is 31.2 Å². The number of carbonyl (C=O) groups excluding carboxylic acids is 1. The van der Waals surface area contributed by atoms with Gasteiger partial charge < -0.3 is 9.47 Å². The zero-order valence-corrected chi connectivity index (χ0v) is 11.0. The number of para-hydroxylation sites is 1. The Hall–Kier alpha value is -1.77. The maximum Gasteiger partial charge on any atom is 0.330 e. The first kappa shape index (κ1) is 14.3. The number of rotatable bonds is 7. The van der Waals surface area contributed by atoms with Gasteiger partial charge in [0.05, 0.1) is 13.2 Å². The lowest BCUT2D eigenvalue weighted by molar-refractivity contribution is -0.137. The minimum absolute atomic E-state index is 0.310. The lowest BCUT2D eigenvalue weighted by Crippen LogP contribution is -2.01. The Morgan fingerprint density at radius 1 is 1.28 bits per heavy atom. The molecule has 0 N–H and O–H groups in total. The number of esters is 1. The third kappa shape index (κ3) is 5.04. The van der Waals surface area contributed by atoms with Crippen molar-refractivity contribution in [1.82, 2.24) is 0 Å². The molecule has 1 aromatic carbocycles. The van der Waals surface area contributed by atoms with Crippen LogP contribution in [0.2, 0.25) is 0 Å². The van der Waals surface area contributed by atoms with Gasteiger partial charge in [0.2, 0.25) is 0 Å². The van der Waals surface area contributed by atoms with Crippen molar-refractivity contribution in [2.45, 2.75) is 26.7 Å². The maximum absolute atomic E-state index is 11.4. The smallest absolute Gasteiger partial charge is 0.330 e. The standard InChI is InChI=1S/C15H20O3/c1-3-5-12-18-15(16)11-10-13-8-6-7-9-14(13)17-4-2/h6-11H,3-5,12H2,1-2H3/b11-10+. The molecule has 0 saturated heterocycles. The van der Waals surface area contributed by atoms with Crippen molar-refractivity contribution in [3.63, 3.8) is 0 Å². The van der Waals surface area contributed by atoms with Gasteiger partial charge in [0.25, 0.3) is 0 Å². The van der Waals surface area contributed by atoms with Crippen LogP contribution in [0.25, 0.3) is 6.08 Å². The van der Waals surface area contributed by atoms with Gasteiger partial charge in [-0.15, -0.1) is 0 Å². The van der Waals surface area contributed by atoms with E-state index in [-0.39, 0.29) is 5.97 Å². The van der Waals surface area contributed by atoms with Gasteiger partial charge in [-0.05, 0) is 25.5 Å². The normalized spacial score (nSPS) is 10.6. The molecule has 0 aliphatic heterocycles. The molecule has 1 rings (SSSR count). The molecule has 0 aliphatic carbocycles. The molecule has 0 bridgehead atoms. The molecule has 1 aromatic rings. The number of carbonyl (C=O) groups is 1. The van der Waals surface area contributed by atoms with Crippen LogP contribution in [-0.2, 0) is 9.53 Å². The maximum atomic E-state index is 11.4. The highest BCUT2D eigenvalue weighted by atomic mass is 16.5. The summed E-state index contributed by atoms with van der Waals surface area (Å²) in [4.78, 5) is 11.4. The minimum Gasteiger partial charge on any atom is -0.493 e. The molecule has 0 aromatic heterocycles. The van der Waals surface area contributed by atoms with Gasteiger partial charge in [0.1, 0.15) is 5.75 Å². The van der Waals surface area contributed by atoms with Gasteiger partial charge in [-0.1, -0.05) is 31.5 Å². The molecule has 0 fully saturated rings. The summed E-state index contributed by atoms with van der Waals surface area (Å²) in [5, 5.41) is 0. The van der Waals surface area contributed by atoms with Gasteiger partial charge in [-0.25, -0.2) is 4.79 Å². The van der Waals surface area contributed by atoms with Crippen LogP contribution in [0.5, 0.6) is 5.75 Å². The SMILES string of the molecule is CCCCOC(=O)/C=C/c1ccccc1OCC. The molecule has 3 nitrogen and oxygen atoms in total. The largest absolute Gasteiger partial charge is 0.493 e. The third-order valence-corrected chi connectivity index (χ3v) is 2.36. The van der Waals surface area contributed by atoms with Crippen LogP contribution >= 0.6 is 0 Å². The molecule has 0 spiro atoms. The average molecular weight is 248 g/mol. The van der Waals surface area contributed by atoms with Gasteiger partial charge in [0.15, 0.2) is 0 Å². The molecule has 0 aliphatic rings. The number of hydrogen-bond donors (Lipinski definition) is 0.